The van der Waals surface area contributed by atoms with E-state index in [1.54, 1.807) is 0 Å². The molecule has 0 aliphatic carbocycles. The number of nitrogens with zero attached hydrogens (tertiary/aromatic N) is 2. The predicted octanol–water partition coefficient (Wildman–Crippen LogP) is 4.32. The number of piperidine rings is 2. The largest absolute Gasteiger partial charge is 0.356 e. The molecule has 2 aliphatic rings. The highest BCUT2D eigenvalue weighted by molar-refractivity contribution is 6.31. The van der Waals surface area contributed by atoms with Crippen LogP contribution in [0, 0.1) is 5.92 Å². The van der Waals surface area contributed by atoms with Gasteiger partial charge in [0.2, 0.25) is 5.91 Å². The van der Waals surface area contributed by atoms with Gasteiger partial charge >= 0.3 is 0 Å². The minimum atomic E-state index is 0.167. The predicted molar refractivity (Wildman–Crippen MR) is 117 cm³/mol. The van der Waals surface area contributed by atoms with Crippen molar-refractivity contribution in [2.45, 2.75) is 64.5 Å². The number of carbonyl (C=O) groups is 1. The van der Waals surface area contributed by atoms with E-state index in [9.17, 15) is 4.79 Å². The normalized spacial score (nSPS) is 22.3. The lowest BCUT2D eigenvalue weighted by Crippen LogP contribution is -2.42. The molecule has 3 rings (SSSR count). The van der Waals surface area contributed by atoms with E-state index in [0.717, 1.165) is 63.1 Å². The van der Waals surface area contributed by atoms with Crippen LogP contribution in [0.15, 0.2) is 24.3 Å². The Kier molecular flexibility index (Phi) is 8.63. The molecule has 0 unspecified atom stereocenters. The minimum Gasteiger partial charge on any atom is -0.356 e. The number of hydrogen-bond donors (Lipinski definition) is 1. The molecule has 1 aromatic rings. The first-order chi connectivity index (χ1) is 13.7. The molecular weight excluding hydrogens is 370 g/mol. The van der Waals surface area contributed by atoms with Crippen LogP contribution in [0.5, 0.6) is 0 Å². The SMILES string of the molecule is CC[C@H]1CCCCN1CCCNC(=O)C1CCN(Cc2ccccc2Cl)CC1. The van der Waals surface area contributed by atoms with Crippen LogP contribution in [0.3, 0.4) is 0 Å². The van der Waals surface area contributed by atoms with Gasteiger partial charge in [0.25, 0.3) is 0 Å². The standard InChI is InChI=1S/C23H36ClN3O/c1-2-21-9-5-6-14-27(21)15-7-13-25-23(28)19-11-16-26(17-12-19)18-20-8-3-4-10-22(20)24/h3-4,8,10,19,21H,2,5-7,9,11-18H2,1H3,(H,25,28)/t21-/m0/s1. The fraction of sp³-hybridized carbons (Fsp3) is 0.696. The number of halogens is 1. The molecular formula is C23H36ClN3O. The van der Waals surface area contributed by atoms with Crippen molar-refractivity contribution in [3.05, 3.63) is 34.9 Å². The van der Waals surface area contributed by atoms with Gasteiger partial charge < -0.3 is 10.2 Å². The molecule has 0 aromatic heterocycles. The minimum absolute atomic E-state index is 0.167. The van der Waals surface area contributed by atoms with Crippen molar-refractivity contribution in [1.29, 1.82) is 0 Å². The highest BCUT2D eigenvalue weighted by atomic mass is 35.5. The Morgan fingerprint density at radius 1 is 1.14 bits per heavy atom. The van der Waals surface area contributed by atoms with E-state index < -0.39 is 0 Å². The summed E-state index contributed by atoms with van der Waals surface area (Å²) < 4.78 is 0. The highest BCUT2D eigenvalue weighted by Crippen LogP contribution is 2.22. The van der Waals surface area contributed by atoms with E-state index in [1.165, 1.54) is 37.8 Å². The van der Waals surface area contributed by atoms with Crippen LogP contribution in [0.25, 0.3) is 0 Å². The number of nitrogens with one attached hydrogen (secondary N) is 1. The Bertz CT molecular complexity index is 616. The molecule has 2 fully saturated rings. The van der Waals surface area contributed by atoms with Crippen molar-refractivity contribution in [2.24, 2.45) is 5.92 Å². The van der Waals surface area contributed by atoms with Crippen LogP contribution in [-0.4, -0.2) is 54.5 Å². The third-order valence-electron chi connectivity index (χ3n) is 6.45. The van der Waals surface area contributed by atoms with Crippen LogP contribution < -0.4 is 5.32 Å². The van der Waals surface area contributed by atoms with E-state index in [1.807, 2.05) is 18.2 Å². The Balaban J connectivity index is 1.32. The molecule has 2 saturated heterocycles. The Hall–Kier alpha value is -1.10. The van der Waals surface area contributed by atoms with Crippen molar-refractivity contribution in [3.63, 3.8) is 0 Å². The average molecular weight is 406 g/mol. The molecule has 2 aliphatic heterocycles. The fourth-order valence-electron chi connectivity index (χ4n) is 4.68. The number of likely N-dealkylation sites (tertiary alicyclic amines) is 2. The van der Waals surface area contributed by atoms with E-state index >= 15 is 0 Å². The van der Waals surface area contributed by atoms with Crippen molar-refractivity contribution in [3.8, 4) is 0 Å². The van der Waals surface area contributed by atoms with E-state index in [4.69, 9.17) is 11.6 Å². The summed E-state index contributed by atoms with van der Waals surface area (Å²) in [6, 6.07) is 8.80. The van der Waals surface area contributed by atoms with Gasteiger partial charge in [-0.05, 0) is 69.8 Å². The quantitative estimate of drug-likeness (QED) is 0.654. The molecule has 156 valence electrons. The summed E-state index contributed by atoms with van der Waals surface area (Å²) in [5.74, 6) is 0.420. The zero-order chi connectivity index (χ0) is 19.8. The highest BCUT2D eigenvalue weighted by Gasteiger charge is 2.25. The summed E-state index contributed by atoms with van der Waals surface area (Å²) in [5, 5.41) is 4.03. The molecule has 1 amide bonds. The third-order valence-corrected chi connectivity index (χ3v) is 6.82. The van der Waals surface area contributed by atoms with Gasteiger partial charge in [-0.3, -0.25) is 9.69 Å². The molecule has 0 saturated carbocycles. The Labute approximate surface area is 175 Å². The van der Waals surface area contributed by atoms with Crippen LogP contribution >= 0.6 is 11.6 Å². The first-order valence-corrected chi connectivity index (χ1v) is 11.5. The maximum absolute atomic E-state index is 12.5. The first-order valence-electron chi connectivity index (χ1n) is 11.1. The van der Waals surface area contributed by atoms with Crippen LogP contribution in [0.4, 0.5) is 0 Å². The van der Waals surface area contributed by atoms with Gasteiger partial charge in [-0.25, -0.2) is 0 Å². The zero-order valence-electron chi connectivity index (χ0n) is 17.3. The molecule has 0 bridgehead atoms. The second-order valence-electron chi connectivity index (χ2n) is 8.38. The molecule has 28 heavy (non-hydrogen) atoms. The maximum Gasteiger partial charge on any atom is 0.223 e. The van der Waals surface area contributed by atoms with Crippen LogP contribution in [-0.2, 0) is 11.3 Å². The van der Waals surface area contributed by atoms with Gasteiger partial charge in [-0.1, -0.05) is 43.1 Å². The summed E-state index contributed by atoms with van der Waals surface area (Å²) in [4.78, 5) is 17.6. The lowest BCUT2D eigenvalue weighted by atomic mass is 9.95. The van der Waals surface area contributed by atoms with Crippen molar-refractivity contribution in [2.75, 3.05) is 32.7 Å². The molecule has 2 heterocycles. The smallest absolute Gasteiger partial charge is 0.223 e. The number of benzene rings is 1. The van der Waals surface area contributed by atoms with E-state index in [2.05, 4.69) is 28.1 Å². The first kappa shape index (κ1) is 21.6. The third kappa shape index (κ3) is 6.20. The number of rotatable bonds is 8. The second-order valence-corrected chi connectivity index (χ2v) is 8.79. The molecule has 1 atom stereocenters. The number of amides is 1. The van der Waals surface area contributed by atoms with E-state index in [-0.39, 0.29) is 11.8 Å². The molecule has 4 nitrogen and oxygen atoms in total. The van der Waals surface area contributed by atoms with Crippen LogP contribution in [0.1, 0.15) is 57.4 Å². The van der Waals surface area contributed by atoms with Crippen LogP contribution in [0.2, 0.25) is 5.02 Å². The Morgan fingerprint density at radius 3 is 2.68 bits per heavy atom. The fourth-order valence-corrected chi connectivity index (χ4v) is 4.87. The average Bonchev–Trinajstić information content (AvgIpc) is 2.73. The second kappa shape index (κ2) is 11.2. The molecule has 1 N–H and O–H groups in total. The van der Waals surface area contributed by atoms with Gasteiger partial charge in [0.1, 0.15) is 0 Å². The summed E-state index contributed by atoms with van der Waals surface area (Å²) in [5.41, 5.74) is 1.18. The molecule has 0 radical (unpaired) electrons. The van der Waals surface area contributed by atoms with Gasteiger partial charge in [0.15, 0.2) is 0 Å². The van der Waals surface area contributed by atoms with Gasteiger partial charge in [0.05, 0.1) is 0 Å². The summed E-state index contributed by atoms with van der Waals surface area (Å²) >= 11 is 6.27. The van der Waals surface area contributed by atoms with Crippen molar-refractivity contribution < 1.29 is 4.79 Å². The van der Waals surface area contributed by atoms with E-state index in [0.29, 0.717) is 0 Å². The molecule has 0 spiro atoms. The summed E-state index contributed by atoms with van der Waals surface area (Å²) in [7, 11) is 0. The zero-order valence-corrected chi connectivity index (χ0v) is 18.1. The number of carbonyl (C=O) groups excluding carboxylic acids is 1. The topological polar surface area (TPSA) is 35.6 Å². The number of hydrogen-bond acceptors (Lipinski definition) is 3. The lowest BCUT2D eigenvalue weighted by molar-refractivity contribution is -0.126. The monoisotopic (exact) mass is 405 g/mol. The molecule has 5 heteroatoms. The van der Waals surface area contributed by atoms with Crippen molar-refractivity contribution in [1.82, 2.24) is 15.1 Å². The lowest BCUT2D eigenvalue weighted by Gasteiger charge is -2.35. The van der Waals surface area contributed by atoms with Gasteiger partial charge in [-0.15, -0.1) is 0 Å². The van der Waals surface area contributed by atoms with Gasteiger partial charge in [-0.2, -0.15) is 0 Å². The van der Waals surface area contributed by atoms with Gasteiger partial charge in [0, 0.05) is 36.6 Å². The maximum atomic E-state index is 12.5. The Morgan fingerprint density at radius 2 is 1.93 bits per heavy atom. The summed E-state index contributed by atoms with van der Waals surface area (Å²) in [6.07, 6.45) is 8.25. The molecule has 1 aromatic carbocycles. The summed E-state index contributed by atoms with van der Waals surface area (Å²) in [6.45, 7) is 8.27. The van der Waals surface area contributed by atoms with Crippen molar-refractivity contribution >= 4 is 17.5 Å².